The number of rotatable bonds is 4. The van der Waals surface area contributed by atoms with Crippen LogP contribution in [-0.4, -0.2) is 73.6 Å². The quantitative estimate of drug-likeness (QED) is 0.771. The molecule has 2 heterocycles. The van der Waals surface area contributed by atoms with Crippen molar-refractivity contribution < 1.29 is 0 Å². The molecule has 1 unspecified atom stereocenters. The van der Waals surface area contributed by atoms with Crippen LogP contribution in [-0.2, 0) is 0 Å². The van der Waals surface area contributed by atoms with Crippen LogP contribution < -0.4 is 0 Å². The Bertz CT molecular complexity index is 251. The highest BCUT2D eigenvalue weighted by Crippen LogP contribution is 2.19. The Morgan fingerprint density at radius 1 is 0.895 bits per heavy atom. The van der Waals surface area contributed by atoms with E-state index in [1.54, 1.807) is 0 Å². The first kappa shape index (κ1) is 15.3. The summed E-state index contributed by atoms with van der Waals surface area (Å²) >= 11 is 0. The number of piperidine rings is 1. The van der Waals surface area contributed by atoms with Crippen LogP contribution in [0.4, 0.5) is 0 Å². The third-order valence-corrected chi connectivity index (χ3v) is 5.30. The van der Waals surface area contributed by atoms with Crippen LogP contribution in [0.3, 0.4) is 0 Å². The average molecular weight is 267 g/mol. The lowest BCUT2D eigenvalue weighted by Crippen LogP contribution is -2.52. The van der Waals surface area contributed by atoms with E-state index in [4.69, 9.17) is 0 Å². The van der Waals surface area contributed by atoms with Gasteiger partial charge in [0.15, 0.2) is 0 Å². The molecule has 2 aliphatic heterocycles. The van der Waals surface area contributed by atoms with Crippen LogP contribution in [0, 0.1) is 11.8 Å². The van der Waals surface area contributed by atoms with Crippen molar-refractivity contribution in [2.45, 2.75) is 39.7 Å². The fourth-order valence-corrected chi connectivity index (χ4v) is 3.38. The van der Waals surface area contributed by atoms with Gasteiger partial charge in [-0.1, -0.05) is 13.8 Å². The molecule has 2 fully saturated rings. The van der Waals surface area contributed by atoms with Gasteiger partial charge in [-0.25, -0.2) is 0 Å². The lowest BCUT2D eigenvalue weighted by molar-refractivity contribution is 0.0670. The van der Waals surface area contributed by atoms with Crippen LogP contribution >= 0.6 is 0 Å². The van der Waals surface area contributed by atoms with Gasteiger partial charge >= 0.3 is 0 Å². The molecule has 0 aliphatic carbocycles. The van der Waals surface area contributed by atoms with E-state index in [2.05, 4.69) is 42.5 Å². The molecule has 0 N–H and O–H groups in total. The Hall–Kier alpha value is -0.120. The van der Waals surface area contributed by atoms with Gasteiger partial charge in [0.05, 0.1) is 0 Å². The molecule has 0 amide bonds. The number of nitrogens with zero attached hydrogens (tertiary/aromatic N) is 3. The Morgan fingerprint density at radius 3 is 2.00 bits per heavy atom. The minimum absolute atomic E-state index is 0.741. The van der Waals surface area contributed by atoms with E-state index in [9.17, 15) is 0 Å². The van der Waals surface area contributed by atoms with Crippen LogP contribution in [0.2, 0.25) is 0 Å². The van der Waals surface area contributed by atoms with Crippen LogP contribution in [0.25, 0.3) is 0 Å². The molecule has 3 nitrogen and oxygen atoms in total. The molecule has 1 atom stereocenters. The summed E-state index contributed by atoms with van der Waals surface area (Å²) in [5.74, 6) is 1.73. The second kappa shape index (κ2) is 7.05. The Balaban J connectivity index is 1.69. The van der Waals surface area contributed by atoms with Crippen LogP contribution in [0.15, 0.2) is 0 Å². The zero-order valence-corrected chi connectivity index (χ0v) is 13.4. The van der Waals surface area contributed by atoms with Crippen molar-refractivity contribution in [2.24, 2.45) is 11.8 Å². The third-order valence-electron chi connectivity index (χ3n) is 5.30. The van der Waals surface area contributed by atoms with Crippen molar-refractivity contribution in [3.63, 3.8) is 0 Å². The van der Waals surface area contributed by atoms with E-state index >= 15 is 0 Å². The molecule has 0 saturated carbocycles. The predicted octanol–water partition coefficient (Wildman–Crippen LogP) is 1.99. The summed E-state index contributed by atoms with van der Waals surface area (Å²) in [5, 5.41) is 0. The topological polar surface area (TPSA) is 9.72 Å². The first-order chi connectivity index (χ1) is 9.06. The van der Waals surface area contributed by atoms with E-state index in [0.29, 0.717) is 0 Å². The molecule has 19 heavy (non-hydrogen) atoms. The van der Waals surface area contributed by atoms with Crippen molar-refractivity contribution in [3.05, 3.63) is 0 Å². The Morgan fingerprint density at radius 2 is 1.47 bits per heavy atom. The second-order valence-electron chi connectivity index (χ2n) is 7.07. The first-order valence-corrected chi connectivity index (χ1v) is 8.21. The molecule has 2 saturated heterocycles. The number of likely N-dealkylation sites (tertiary alicyclic amines) is 1. The lowest BCUT2D eigenvalue weighted by atomic mass is 9.96. The van der Waals surface area contributed by atoms with Crippen LogP contribution in [0.5, 0.6) is 0 Å². The largest absolute Gasteiger partial charge is 0.306 e. The Labute approximate surface area is 119 Å². The summed E-state index contributed by atoms with van der Waals surface area (Å²) in [4.78, 5) is 7.86. The summed E-state index contributed by atoms with van der Waals surface area (Å²) in [6, 6.07) is 0.741. The van der Waals surface area contributed by atoms with Gasteiger partial charge in [-0.3, -0.25) is 4.90 Å². The maximum atomic E-state index is 2.71. The van der Waals surface area contributed by atoms with E-state index in [1.807, 2.05) is 0 Å². The van der Waals surface area contributed by atoms with Gasteiger partial charge in [-0.05, 0) is 51.7 Å². The third kappa shape index (κ3) is 4.44. The molecule has 2 aliphatic rings. The number of hydrogen-bond acceptors (Lipinski definition) is 3. The Kier molecular flexibility index (Phi) is 5.67. The molecule has 112 valence electrons. The molecule has 0 aromatic carbocycles. The van der Waals surface area contributed by atoms with Crippen molar-refractivity contribution in [1.29, 1.82) is 0 Å². The maximum absolute atomic E-state index is 2.71. The number of piperazine rings is 1. The van der Waals surface area contributed by atoms with Gasteiger partial charge in [0, 0.05) is 38.8 Å². The van der Waals surface area contributed by atoms with Crippen molar-refractivity contribution in [1.82, 2.24) is 14.7 Å². The summed E-state index contributed by atoms with van der Waals surface area (Å²) in [5.41, 5.74) is 0. The fourth-order valence-electron chi connectivity index (χ4n) is 3.38. The summed E-state index contributed by atoms with van der Waals surface area (Å²) < 4.78 is 0. The maximum Gasteiger partial charge on any atom is 0.0113 e. The normalized spacial score (nSPS) is 27.0. The van der Waals surface area contributed by atoms with E-state index < -0.39 is 0 Å². The van der Waals surface area contributed by atoms with Crippen molar-refractivity contribution >= 4 is 0 Å². The number of hydrogen-bond donors (Lipinski definition) is 0. The van der Waals surface area contributed by atoms with Gasteiger partial charge in [0.2, 0.25) is 0 Å². The molecule has 0 aromatic heterocycles. The van der Waals surface area contributed by atoms with Crippen LogP contribution in [0.1, 0.15) is 33.6 Å². The summed E-state index contributed by atoms with van der Waals surface area (Å²) in [6.45, 7) is 16.1. The van der Waals surface area contributed by atoms with Gasteiger partial charge in [-0.2, -0.15) is 0 Å². The molecule has 2 rings (SSSR count). The SMILES string of the molecule is CC(C)C(C)N1CCN(CC2CCN(C)CC2)CC1. The van der Waals surface area contributed by atoms with E-state index in [1.165, 1.54) is 58.7 Å². The molecular weight excluding hydrogens is 234 g/mol. The highest BCUT2D eigenvalue weighted by atomic mass is 15.3. The smallest absolute Gasteiger partial charge is 0.0113 e. The molecule has 0 aromatic rings. The second-order valence-corrected chi connectivity index (χ2v) is 7.07. The molecule has 0 radical (unpaired) electrons. The van der Waals surface area contributed by atoms with E-state index in [0.717, 1.165) is 17.9 Å². The van der Waals surface area contributed by atoms with Gasteiger partial charge in [0.1, 0.15) is 0 Å². The monoisotopic (exact) mass is 267 g/mol. The van der Waals surface area contributed by atoms with Crippen molar-refractivity contribution in [2.75, 3.05) is 52.9 Å². The van der Waals surface area contributed by atoms with Gasteiger partial charge in [-0.15, -0.1) is 0 Å². The zero-order chi connectivity index (χ0) is 13.8. The molecular formula is C16H33N3. The fraction of sp³-hybridized carbons (Fsp3) is 1.00. The molecule has 3 heteroatoms. The summed E-state index contributed by atoms with van der Waals surface area (Å²) in [6.07, 6.45) is 2.80. The minimum Gasteiger partial charge on any atom is -0.306 e. The lowest BCUT2D eigenvalue weighted by Gasteiger charge is -2.41. The average Bonchev–Trinajstić information content (AvgIpc) is 2.41. The van der Waals surface area contributed by atoms with Gasteiger partial charge < -0.3 is 9.80 Å². The van der Waals surface area contributed by atoms with Gasteiger partial charge in [0.25, 0.3) is 0 Å². The summed E-state index contributed by atoms with van der Waals surface area (Å²) in [7, 11) is 2.25. The predicted molar refractivity (Wildman–Crippen MR) is 82.5 cm³/mol. The van der Waals surface area contributed by atoms with Crippen molar-refractivity contribution in [3.8, 4) is 0 Å². The minimum atomic E-state index is 0.741. The first-order valence-electron chi connectivity index (χ1n) is 8.21. The van der Waals surface area contributed by atoms with E-state index in [-0.39, 0.29) is 0 Å². The molecule has 0 bridgehead atoms. The highest BCUT2D eigenvalue weighted by molar-refractivity contribution is 4.80. The molecule has 0 spiro atoms. The highest BCUT2D eigenvalue weighted by Gasteiger charge is 2.25. The standard InChI is InChI=1S/C16H33N3/c1-14(2)15(3)19-11-9-18(10-12-19)13-16-5-7-17(4)8-6-16/h14-16H,5-13H2,1-4H3. The zero-order valence-electron chi connectivity index (χ0n) is 13.4.